The first kappa shape index (κ1) is 25.9. The van der Waals surface area contributed by atoms with Gasteiger partial charge in [0.25, 0.3) is 0 Å². The Hall–Kier alpha value is -2.19. The van der Waals surface area contributed by atoms with Gasteiger partial charge in [-0.3, -0.25) is 14.4 Å². The number of cyclic esters (lactones) is 1. The summed E-state index contributed by atoms with van der Waals surface area (Å²) in [6.45, 7) is 5.71. The number of aliphatic hydroxyl groups is 1. The average molecular weight is 489 g/mol. The van der Waals surface area contributed by atoms with Crippen molar-refractivity contribution in [3.05, 3.63) is 24.3 Å². The Bertz CT molecular complexity index is 872. The molecular weight excluding hydrogens is 448 g/mol. The molecule has 0 bridgehead atoms. The summed E-state index contributed by atoms with van der Waals surface area (Å²) in [6, 6.07) is -0.838. The number of esters is 1. The maximum absolute atomic E-state index is 14.0. The Morgan fingerprint density at radius 2 is 1.80 bits per heavy atom. The Balaban J connectivity index is 1.76. The van der Waals surface area contributed by atoms with E-state index in [1.165, 1.54) is 0 Å². The molecule has 1 unspecified atom stereocenters. The molecular formula is C27H40N2O6. The number of hydrogen-bond donors (Lipinski definition) is 1. The fourth-order valence-electron chi connectivity index (χ4n) is 6.23. The SMILES string of the molecule is CCCCCN1CC=C[C@]23O[C@]4(C)/C=C\CCCCOC(=O)[C@@H]4[C@H]2C(=O)N(CCCCO)C3C1=O. The third-order valence-corrected chi connectivity index (χ3v) is 7.92. The minimum Gasteiger partial charge on any atom is -0.465 e. The maximum atomic E-state index is 14.0. The molecule has 4 aliphatic rings. The van der Waals surface area contributed by atoms with Crippen LogP contribution in [-0.2, 0) is 23.9 Å². The fourth-order valence-corrected chi connectivity index (χ4v) is 6.23. The summed E-state index contributed by atoms with van der Waals surface area (Å²) in [6.07, 6.45) is 14.3. The van der Waals surface area contributed by atoms with Gasteiger partial charge in [-0.2, -0.15) is 0 Å². The number of aliphatic hydroxyl groups excluding tert-OH is 1. The van der Waals surface area contributed by atoms with Crippen LogP contribution in [0.15, 0.2) is 24.3 Å². The first-order chi connectivity index (χ1) is 16.9. The third kappa shape index (κ3) is 4.67. The van der Waals surface area contributed by atoms with Crippen LogP contribution in [0.25, 0.3) is 0 Å². The van der Waals surface area contributed by atoms with Gasteiger partial charge in [0, 0.05) is 26.2 Å². The number of allylic oxidation sites excluding steroid dienone is 1. The molecule has 1 spiro atoms. The van der Waals surface area contributed by atoms with Crippen molar-refractivity contribution in [2.24, 2.45) is 11.8 Å². The predicted octanol–water partition coefficient (Wildman–Crippen LogP) is 2.60. The number of amides is 2. The van der Waals surface area contributed by atoms with Crippen LogP contribution in [0.4, 0.5) is 0 Å². The summed E-state index contributed by atoms with van der Waals surface area (Å²) in [4.78, 5) is 44.8. The molecule has 4 heterocycles. The highest BCUT2D eigenvalue weighted by Crippen LogP contribution is 2.57. The molecule has 1 N–H and O–H groups in total. The van der Waals surface area contributed by atoms with E-state index >= 15 is 0 Å². The number of nitrogens with zero attached hydrogens (tertiary/aromatic N) is 2. The average Bonchev–Trinajstić information content (AvgIpc) is 3.15. The standard InChI is InChI=1S/C27H40N2O6/c1-3-4-8-15-28-16-12-14-27-20(23(31)29(17-9-10-18-30)22(27)24(28)32)21-25(33)34-19-11-6-5-7-13-26(21,2)35-27/h7,12-14,20-22,30H,3-6,8-11,15-19H2,1-2H3/b13-7-/t20-,21-,22?,26+,27-/m0/s1. The summed E-state index contributed by atoms with van der Waals surface area (Å²) in [7, 11) is 0. The van der Waals surface area contributed by atoms with E-state index in [4.69, 9.17) is 9.47 Å². The Kier molecular flexibility index (Phi) is 8.01. The van der Waals surface area contributed by atoms with Crippen LogP contribution in [0.2, 0.25) is 0 Å². The second-order valence-electron chi connectivity index (χ2n) is 10.4. The number of hydrogen-bond acceptors (Lipinski definition) is 6. The highest BCUT2D eigenvalue weighted by molar-refractivity contribution is 5.99. The quantitative estimate of drug-likeness (QED) is 0.321. The van der Waals surface area contributed by atoms with E-state index in [0.29, 0.717) is 39.1 Å². The van der Waals surface area contributed by atoms with Crippen LogP contribution >= 0.6 is 0 Å². The molecule has 0 aromatic heterocycles. The predicted molar refractivity (Wildman–Crippen MR) is 130 cm³/mol. The molecule has 35 heavy (non-hydrogen) atoms. The van der Waals surface area contributed by atoms with Crippen molar-refractivity contribution in [2.75, 3.05) is 32.8 Å². The van der Waals surface area contributed by atoms with E-state index in [1.54, 1.807) is 4.90 Å². The Morgan fingerprint density at radius 1 is 1.00 bits per heavy atom. The zero-order chi connectivity index (χ0) is 25.1. The number of ether oxygens (including phenoxy) is 2. The van der Waals surface area contributed by atoms with Gasteiger partial charge in [-0.05, 0) is 45.4 Å². The molecule has 8 heteroatoms. The van der Waals surface area contributed by atoms with Crippen LogP contribution in [0, 0.1) is 11.8 Å². The zero-order valence-electron chi connectivity index (χ0n) is 21.1. The van der Waals surface area contributed by atoms with Crippen LogP contribution in [0.3, 0.4) is 0 Å². The normalized spacial score (nSPS) is 35.9. The summed E-state index contributed by atoms with van der Waals surface area (Å²) in [5.41, 5.74) is -2.28. The molecule has 0 radical (unpaired) electrons. The summed E-state index contributed by atoms with van der Waals surface area (Å²) in [5.74, 6) is -2.47. The van der Waals surface area contributed by atoms with Crippen molar-refractivity contribution < 1.29 is 29.0 Å². The van der Waals surface area contributed by atoms with Gasteiger partial charge in [-0.1, -0.05) is 44.1 Å². The largest absolute Gasteiger partial charge is 0.465 e. The number of rotatable bonds is 8. The molecule has 0 aromatic carbocycles. The van der Waals surface area contributed by atoms with Gasteiger partial charge < -0.3 is 24.4 Å². The van der Waals surface area contributed by atoms with Crippen molar-refractivity contribution in [3.8, 4) is 0 Å². The molecule has 4 rings (SSSR count). The smallest absolute Gasteiger partial charge is 0.313 e. The van der Waals surface area contributed by atoms with Crippen LogP contribution in [0.5, 0.6) is 0 Å². The summed E-state index contributed by atoms with van der Waals surface area (Å²) >= 11 is 0. The van der Waals surface area contributed by atoms with Gasteiger partial charge >= 0.3 is 5.97 Å². The van der Waals surface area contributed by atoms with Gasteiger partial charge in [-0.15, -0.1) is 0 Å². The van der Waals surface area contributed by atoms with Crippen LogP contribution in [0.1, 0.15) is 65.2 Å². The molecule has 0 saturated carbocycles. The molecule has 2 amide bonds. The van der Waals surface area contributed by atoms with Crippen molar-refractivity contribution in [2.45, 2.75) is 82.5 Å². The second kappa shape index (κ2) is 10.8. The lowest BCUT2D eigenvalue weighted by Gasteiger charge is -2.37. The zero-order valence-corrected chi connectivity index (χ0v) is 21.1. The van der Waals surface area contributed by atoms with E-state index in [0.717, 1.165) is 38.5 Å². The van der Waals surface area contributed by atoms with Gasteiger partial charge in [0.05, 0.1) is 18.1 Å². The lowest BCUT2D eigenvalue weighted by atomic mass is 9.74. The number of carbonyl (C=O) groups is 3. The first-order valence-corrected chi connectivity index (χ1v) is 13.3. The summed E-state index contributed by atoms with van der Waals surface area (Å²) < 4.78 is 12.4. The van der Waals surface area contributed by atoms with Gasteiger partial charge in [0.1, 0.15) is 17.6 Å². The van der Waals surface area contributed by atoms with Crippen molar-refractivity contribution in [1.82, 2.24) is 9.80 Å². The highest BCUT2D eigenvalue weighted by Gasteiger charge is 2.74. The number of likely N-dealkylation sites (tertiary alicyclic amines) is 1. The fraction of sp³-hybridized carbons (Fsp3) is 0.741. The second-order valence-corrected chi connectivity index (χ2v) is 10.4. The highest BCUT2D eigenvalue weighted by atomic mass is 16.6. The molecule has 2 fully saturated rings. The molecule has 194 valence electrons. The van der Waals surface area contributed by atoms with Crippen LogP contribution in [-0.4, -0.2) is 82.8 Å². The molecule has 0 aromatic rings. The van der Waals surface area contributed by atoms with E-state index in [1.807, 2.05) is 36.1 Å². The molecule has 2 saturated heterocycles. The lowest BCUT2D eigenvalue weighted by molar-refractivity contribution is -0.160. The molecule has 8 nitrogen and oxygen atoms in total. The minimum absolute atomic E-state index is 0.0204. The number of carbonyl (C=O) groups excluding carboxylic acids is 3. The molecule has 5 atom stereocenters. The van der Waals surface area contributed by atoms with Crippen LogP contribution < -0.4 is 0 Å². The van der Waals surface area contributed by atoms with E-state index < -0.39 is 35.0 Å². The first-order valence-electron chi connectivity index (χ1n) is 13.3. The van der Waals surface area contributed by atoms with E-state index in [9.17, 15) is 19.5 Å². The minimum atomic E-state index is -1.23. The van der Waals surface area contributed by atoms with Crippen molar-refractivity contribution in [3.63, 3.8) is 0 Å². The third-order valence-electron chi connectivity index (χ3n) is 7.92. The van der Waals surface area contributed by atoms with Crippen molar-refractivity contribution in [1.29, 1.82) is 0 Å². The van der Waals surface area contributed by atoms with E-state index in [2.05, 4.69) is 6.92 Å². The topological polar surface area (TPSA) is 96.4 Å². The maximum Gasteiger partial charge on any atom is 0.313 e. The monoisotopic (exact) mass is 488 g/mol. The van der Waals surface area contributed by atoms with Gasteiger partial charge in [0.15, 0.2) is 0 Å². The lowest BCUT2D eigenvalue weighted by Crippen LogP contribution is -2.56. The molecule has 4 aliphatic heterocycles. The Labute approximate surface area is 208 Å². The van der Waals surface area contributed by atoms with Gasteiger partial charge in [0.2, 0.25) is 11.8 Å². The number of fused-ring (bicyclic) bond motifs is 2. The Morgan fingerprint density at radius 3 is 2.57 bits per heavy atom. The molecule has 0 aliphatic carbocycles. The van der Waals surface area contributed by atoms with Gasteiger partial charge in [-0.25, -0.2) is 0 Å². The number of unbranched alkanes of at least 4 members (excludes halogenated alkanes) is 3. The van der Waals surface area contributed by atoms with E-state index in [-0.39, 0.29) is 18.4 Å². The van der Waals surface area contributed by atoms with Crippen molar-refractivity contribution >= 4 is 17.8 Å². The summed E-state index contributed by atoms with van der Waals surface area (Å²) in [5, 5.41) is 9.31.